The molecule has 0 unspecified atom stereocenters. The summed E-state index contributed by atoms with van der Waals surface area (Å²) in [7, 11) is 1.60. The van der Waals surface area contributed by atoms with Crippen LogP contribution >= 0.6 is 27.3 Å². The van der Waals surface area contributed by atoms with Gasteiger partial charge in [0.1, 0.15) is 23.9 Å². The normalized spacial score (nSPS) is 11.0. The van der Waals surface area contributed by atoms with Gasteiger partial charge in [-0.05, 0) is 30.3 Å². The summed E-state index contributed by atoms with van der Waals surface area (Å²) in [6.07, 6.45) is 0. The lowest BCUT2D eigenvalue weighted by atomic mass is 10.2. The second kappa shape index (κ2) is 8.22. The Hall–Kier alpha value is -2.91. The Balaban J connectivity index is 1.45. The number of thiazole rings is 1. The molecule has 0 bridgehead atoms. The first kappa shape index (κ1) is 19.4. The molecule has 148 valence electrons. The molecule has 2 aromatic heterocycles. The number of halogens is 1. The maximum absolute atomic E-state index is 12.2. The number of esters is 1. The SMILES string of the molecule is COc1ccc(Br)cc1-c1nc(COC(=O)Cn2c(=O)oc3ccccc32)cs1. The third-order valence-electron chi connectivity index (χ3n) is 4.19. The predicted molar refractivity (Wildman–Crippen MR) is 112 cm³/mol. The lowest BCUT2D eigenvalue weighted by molar-refractivity contribution is -0.145. The average molecular weight is 475 g/mol. The maximum atomic E-state index is 12.2. The first-order valence-corrected chi connectivity index (χ1v) is 10.2. The molecule has 0 aliphatic carbocycles. The Bertz CT molecular complexity index is 1240. The van der Waals surface area contributed by atoms with Crippen molar-refractivity contribution in [3.05, 3.63) is 68.6 Å². The number of rotatable bonds is 6. The van der Waals surface area contributed by atoms with Gasteiger partial charge in [0.05, 0.1) is 23.9 Å². The molecule has 7 nitrogen and oxygen atoms in total. The summed E-state index contributed by atoms with van der Waals surface area (Å²) in [5, 5.41) is 2.58. The van der Waals surface area contributed by atoms with Crippen LogP contribution in [0.15, 0.2) is 61.5 Å². The molecule has 0 spiro atoms. The van der Waals surface area contributed by atoms with Crippen molar-refractivity contribution in [3.63, 3.8) is 0 Å². The van der Waals surface area contributed by atoms with Crippen LogP contribution in [0.1, 0.15) is 5.69 Å². The molecule has 0 saturated heterocycles. The highest BCUT2D eigenvalue weighted by Gasteiger charge is 2.15. The summed E-state index contributed by atoms with van der Waals surface area (Å²) in [4.78, 5) is 28.7. The van der Waals surface area contributed by atoms with Gasteiger partial charge in [-0.2, -0.15) is 0 Å². The topological polar surface area (TPSA) is 83.6 Å². The van der Waals surface area contributed by atoms with Gasteiger partial charge in [-0.25, -0.2) is 9.78 Å². The summed E-state index contributed by atoms with van der Waals surface area (Å²) < 4.78 is 18.0. The van der Waals surface area contributed by atoms with Crippen LogP contribution in [0.3, 0.4) is 0 Å². The Morgan fingerprint density at radius 1 is 1.28 bits per heavy atom. The quantitative estimate of drug-likeness (QED) is 0.388. The Morgan fingerprint density at radius 3 is 2.93 bits per heavy atom. The fourth-order valence-corrected chi connectivity index (χ4v) is 4.02. The van der Waals surface area contributed by atoms with Gasteiger partial charge in [-0.3, -0.25) is 9.36 Å². The van der Waals surface area contributed by atoms with E-state index in [9.17, 15) is 9.59 Å². The van der Waals surface area contributed by atoms with Gasteiger partial charge in [-0.15, -0.1) is 11.3 Å². The molecule has 0 aliphatic heterocycles. The smallest absolute Gasteiger partial charge is 0.420 e. The van der Waals surface area contributed by atoms with Crippen LogP contribution in [0.5, 0.6) is 5.75 Å². The monoisotopic (exact) mass is 474 g/mol. The van der Waals surface area contributed by atoms with Crippen molar-refractivity contribution >= 4 is 44.3 Å². The van der Waals surface area contributed by atoms with E-state index < -0.39 is 11.7 Å². The number of nitrogens with zero attached hydrogens (tertiary/aromatic N) is 2. The molecule has 0 atom stereocenters. The number of ether oxygens (including phenoxy) is 2. The first-order valence-electron chi connectivity index (χ1n) is 8.57. The molecular formula is C20H15BrN2O5S. The van der Waals surface area contributed by atoms with Gasteiger partial charge in [-0.1, -0.05) is 28.1 Å². The second-order valence-electron chi connectivity index (χ2n) is 6.07. The van der Waals surface area contributed by atoms with E-state index in [0.29, 0.717) is 22.5 Å². The van der Waals surface area contributed by atoms with E-state index in [1.54, 1.807) is 31.4 Å². The summed E-state index contributed by atoms with van der Waals surface area (Å²) in [6, 6.07) is 12.6. The maximum Gasteiger partial charge on any atom is 0.420 e. The second-order valence-corrected chi connectivity index (χ2v) is 7.84. The van der Waals surface area contributed by atoms with Crippen LogP contribution in [-0.4, -0.2) is 22.6 Å². The first-order chi connectivity index (χ1) is 14.0. The molecule has 0 amide bonds. The van der Waals surface area contributed by atoms with Crippen LogP contribution < -0.4 is 10.5 Å². The van der Waals surface area contributed by atoms with E-state index in [1.165, 1.54) is 15.9 Å². The molecule has 0 aliphatic rings. The van der Waals surface area contributed by atoms with Crippen molar-refractivity contribution in [2.24, 2.45) is 0 Å². The Morgan fingerprint density at radius 2 is 2.10 bits per heavy atom. The Kier molecular flexibility index (Phi) is 5.50. The molecule has 0 saturated carbocycles. The molecule has 0 N–H and O–H groups in total. The van der Waals surface area contributed by atoms with Gasteiger partial charge < -0.3 is 13.9 Å². The zero-order chi connectivity index (χ0) is 20.4. The summed E-state index contributed by atoms with van der Waals surface area (Å²) in [6.45, 7) is -0.220. The van der Waals surface area contributed by atoms with Gasteiger partial charge in [0.15, 0.2) is 5.58 Å². The number of fused-ring (bicyclic) bond motifs is 1. The number of benzene rings is 2. The number of aromatic nitrogens is 2. The van der Waals surface area contributed by atoms with E-state index in [0.717, 1.165) is 15.0 Å². The lowest BCUT2D eigenvalue weighted by Gasteiger charge is -2.06. The molecule has 2 heterocycles. The van der Waals surface area contributed by atoms with Crippen molar-refractivity contribution in [2.45, 2.75) is 13.2 Å². The minimum atomic E-state index is -0.596. The fraction of sp³-hybridized carbons (Fsp3) is 0.150. The molecule has 2 aromatic carbocycles. The molecule has 0 radical (unpaired) electrons. The molecule has 0 fully saturated rings. The largest absolute Gasteiger partial charge is 0.496 e. The van der Waals surface area contributed by atoms with E-state index >= 15 is 0 Å². The average Bonchev–Trinajstić information content (AvgIpc) is 3.31. The zero-order valence-electron chi connectivity index (χ0n) is 15.3. The van der Waals surface area contributed by atoms with Crippen LogP contribution in [0.2, 0.25) is 0 Å². The van der Waals surface area contributed by atoms with Crippen LogP contribution in [0, 0.1) is 0 Å². The highest BCUT2D eigenvalue weighted by molar-refractivity contribution is 9.10. The summed E-state index contributed by atoms with van der Waals surface area (Å²) in [5.41, 5.74) is 2.44. The number of hydrogen-bond acceptors (Lipinski definition) is 7. The van der Waals surface area contributed by atoms with Crippen molar-refractivity contribution in [1.29, 1.82) is 0 Å². The fourth-order valence-electron chi connectivity index (χ4n) is 2.84. The minimum absolute atomic E-state index is 0.0101. The zero-order valence-corrected chi connectivity index (χ0v) is 17.7. The van der Waals surface area contributed by atoms with Crippen molar-refractivity contribution in [3.8, 4) is 16.3 Å². The van der Waals surface area contributed by atoms with E-state index in [1.807, 2.05) is 23.6 Å². The molecule has 29 heavy (non-hydrogen) atoms. The standard InChI is InChI=1S/C20H15BrN2O5S/c1-26-16-7-6-12(21)8-14(16)19-22-13(11-29-19)10-27-18(24)9-23-15-4-2-3-5-17(15)28-20(23)25/h2-8,11H,9-10H2,1H3. The summed E-state index contributed by atoms with van der Waals surface area (Å²) >= 11 is 4.88. The van der Waals surface area contributed by atoms with Crippen LogP contribution in [-0.2, 0) is 22.7 Å². The number of carbonyl (C=O) groups is 1. The van der Waals surface area contributed by atoms with Gasteiger partial charge in [0, 0.05) is 9.85 Å². The third kappa shape index (κ3) is 4.10. The van der Waals surface area contributed by atoms with Crippen LogP contribution in [0.4, 0.5) is 0 Å². The summed E-state index contributed by atoms with van der Waals surface area (Å²) in [5.74, 6) is -0.439. The highest BCUT2D eigenvalue weighted by atomic mass is 79.9. The number of carbonyl (C=O) groups excluding carboxylic acids is 1. The predicted octanol–water partition coefficient (Wildman–Crippen LogP) is 4.23. The lowest BCUT2D eigenvalue weighted by Crippen LogP contribution is -2.21. The van der Waals surface area contributed by atoms with Gasteiger partial charge in [0.25, 0.3) is 0 Å². The van der Waals surface area contributed by atoms with E-state index in [2.05, 4.69) is 20.9 Å². The minimum Gasteiger partial charge on any atom is -0.496 e. The van der Waals surface area contributed by atoms with Gasteiger partial charge >= 0.3 is 11.7 Å². The Labute approximate surface area is 177 Å². The number of hydrogen-bond donors (Lipinski definition) is 0. The number of methoxy groups -OCH3 is 1. The molecule has 4 aromatic rings. The number of para-hydroxylation sites is 2. The molecular weight excluding hydrogens is 460 g/mol. The third-order valence-corrected chi connectivity index (χ3v) is 5.60. The van der Waals surface area contributed by atoms with Crippen molar-refractivity contribution in [1.82, 2.24) is 9.55 Å². The molecule has 9 heteroatoms. The van der Waals surface area contributed by atoms with Crippen LogP contribution in [0.25, 0.3) is 21.7 Å². The van der Waals surface area contributed by atoms with E-state index in [-0.39, 0.29) is 13.2 Å². The van der Waals surface area contributed by atoms with Crippen molar-refractivity contribution in [2.75, 3.05) is 7.11 Å². The van der Waals surface area contributed by atoms with Gasteiger partial charge in [0.2, 0.25) is 0 Å². The van der Waals surface area contributed by atoms with Crippen molar-refractivity contribution < 1.29 is 18.7 Å². The molecule has 4 rings (SSSR count). The highest BCUT2D eigenvalue weighted by Crippen LogP contribution is 2.34. The number of oxazole rings is 1. The van der Waals surface area contributed by atoms with E-state index in [4.69, 9.17) is 13.9 Å².